The number of rotatable bonds is 3. The van der Waals surface area contributed by atoms with Crippen LogP contribution in [0, 0.1) is 5.92 Å². The van der Waals surface area contributed by atoms with Crippen LogP contribution in [0.3, 0.4) is 0 Å². The van der Waals surface area contributed by atoms with Gasteiger partial charge in [-0.1, -0.05) is 0 Å². The summed E-state index contributed by atoms with van der Waals surface area (Å²) in [6.07, 6.45) is 4.22. The van der Waals surface area contributed by atoms with Gasteiger partial charge in [0, 0.05) is 12.6 Å². The van der Waals surface area contributed by atoms with Gasteiger partial charge in [-0.25, -0.2) is 0 Å². The number of hydrogen-bond donors (Lipinski definition) is 1. The summed E-state index contributed by atoms with van der Waals surface area (Å²) < 4.78 is 0. The molecule has 0 aliphatic carbocycles. The second kappa shape index (κ2) is 5.38. The molecule has 0 saturated carbocycles. The number of likely N-dealkylation sites (N-methyl/N-ethyl adjacent to an activating group) is 1. The summed E-state index contributed by atoms with van der Waals surface area (Å²) in [5.74, 6) is 3.72. The number of thioether (sulfide) groups is 1. The third-order valence-electron chi connectivity index (χ3n) is 3.34. The van der Waals surface area contributed by atoms with Crippen LogP contribution in [-0.4, -0.2) is 49.1 Å². The van der Waals surface area contributed by atoms with Crippen molar-refractivity contribution in [3.05, 3.63) is 0 Å². The van der Waals surface area contributed by atoms with Crippen molar-refractivity contribution in [2.24, 2.45) is 5.92 Å². The van der Waals surface area contributed by atoms with Gasteiger partial charge in [0.1, 0.15) is 0 Å². The molecule has 2 saturated heterocycles. The fourth-order valence-electron chi connectivity index (χ4n) is 2.40. The smallest absolute Gasteiger partial charge is 0.0207 e. The Morgan fingerprint density at radius 3 is 3.00 bits per heavy atom. The molecule has 2 aliphatic rings. The van der Waals surface area contributed by atoms with Crippen LogP contribution in [0.1, 0.15) is 19.3 Å². The van der Waals surface area contributed by atoms with Gasteiger partial charge in [0.15, 0.2) is 0 Å². The third-order valence-corrected chi connectivity index (χ3v) is 4.63. The average molecular weight is 214 g/mol. The third kappa shape index (κ3) is 3.14. The maximum atomic E-state index is 3.73. The zero-order valence-corrected chi connectivity index (χ0v) is 9.98. The fourth-order valence-corrected chi connectivity index (χ4v) is 3.56. The van der Waals surface area contributed by atoms with Gasteiger partial charge in [-0.3, -0.25) is 0 Å². The number of hydrogen-bond acceptors (Lipinski definition) is 3. The van der Waals surface area contributed by atoms with E-state index < -0.39 is 0 Å². The average Bonchev–Trinajstić information content (AvgIpc) is 2.63. The molecule has 2 heterocycles. The molecule has 0 radical (unpaired) electrons. The minimum Gasteiger partial charge on any atom is -0.312 e. The molecule has 0 aromatic carbocycles. The summed E-state index contributed by atoms with van der Waals surface area (Å²) in [6.45, 7) is 3.78. The summed E-state index contributed by atoms with van der Waals surface area (Å²) in [7, 11) is 2.22. The summed E-state index contributed by atoms with van der Waals surface area (Å²) in [5.41, 5.74) is 0. The molecule has 0 bridgehead atoms. The SMILES string of the molecule is CN1CCC(NCC2CCCSC2)C1. The molecule has 2 rings (SSSR count). The van der Waals surface area contributed by atoms with Gasteiger partial charge >= 0.3 is 0 Å². The zero-order valence-electron chi connectivity index (χ0n) is 9.17. The van der Waals surface area contributed by atoms with Crippen LogP contribution in [0.25, 0.3) is 0 Å². The number of nitrogens with one attached hydrogen (secondary N) is 1. The minimum absolute atomic E-state index is 0.770. The molecule has 14 heavy (non-hydrogen) atoms. The van der Waals surface area contributed by atoms with E-state index in [0.29, 0.717) is 0 Å². The van der Waals surface area contributed by atoms with E-state index in [2.05, 4.69) is 29.0 Å². The molecule has 2 nitrogen and oxygen atoms in total. The molecule has 0 amide bonds. The van der Waals surface area contributed by atoms with Gasteiger partial charge in [-0.05, 0) is 56.8 Å². The molecular formula is C11H22N2S. The van der Waals surface area contributed by atoms with Crippen LogP contribution in [0.5, 0.6) is 0 Å². The van der Waals surface area contributed by atoms with E-state index in [1.165, 1.54) is 50.4 Å². The standard InChI is InChI=1S/C11H22N2S/c1-13-5-4-11(8-13)12-7-10-3-2-6-14-9-10/h10-12H,2-9H2,1H3. The molecule has 0 spiro atoms. The van der Waals surface area contributed by atoms with Gasteiger partial charge in [-0.15, -0.1) is 0 Å². The van der Waals surface area contributed by atoms with Crippen LogP contribution in [0.4, 0.5) is 0 Å². The fraction of sp³-hybridized carbons (Fsp3) is 1.00. The summed E-state index contributed by atoms with van der Waals surface area (Å²) >= 11 is 2.14. The van der Waals surface area contributed by atoms with E-state index in [0.717, 1.165) is 12.0 Å². The van der Waals surface area contributed by atoms with Gasteiger partial charge in [-0.2, -0.15) is 11.8 Å². The number of nitrogens with zero attached hydrogens (tertiary/aromatic N) is 1. The molecule has 2 fully saturated rings. The summed E-state index contributed by atoms with van der Waals surface area (Å²) in [5, 5.41) is 3.73. The van der Waals surface area contributed by atoms with Gasteiger partial charge in [0.2, 0.25) is 0 Å². The highest BCUT2D eigenvalue weighted by Crippen LogP contribution is 2.22. The number of likely N-dealkylation sites (tertiary alicyclic amines) is 1. The van der Waals surface area contributed by atoms with Crippen LogP contribution < -0.4 is 5.32 Å². The quantitative estimate of drug-likeness (QED) is 0.765. The van der Waals surface area contributed by atoms with Crippen molar-refractivity contribution in [3.8, 4) is 0 Å². The predicted molar refractivity (Wildman–Crippen MR) is 64.0 cm³/mol. The molecule has 2 atom stereocenters. The van der Waals surface area contributed by atoms with E-state index in [1.54, 1.807) is 0 Å². The molecule has 0 aromatic heterocycles. The maximum Gasteiger partial charge on any atom is 0.0207 e. The maximum absolute atomic E-state index is 3.73. The summed E-state index contributed by atoms with van der Waals surface area (Å²) in [6, 6.07) is 0.770. The van der Waals surface area contributed by atoms with Gasteiger partial charge in [0.25, 0.3) is 0 Å². The van der Waals surface area contributed by atoms with E-state index in [-0.39, 0.29) is 0 Å². The molecule has 2 aliphatic heterocycles. The Bertz CT molecular complexity index is 164. The zero-order chi connectivity index (χ0) is 9.80. The van der Waals surface area contributed by atoms with E-state index in [4.69, 9.17) is 0 Å². The van der Waals surface area contributed by atoms with Crippen LogP contribution in [0.15, 0.2) is 0 Å². The van der Waals surface area contributed by atoms with Crippen molar-refractivity contribution in [1.29, 1.82) is 0 Å². The van der Waals surface area contributed by atoms with Crippen molar-refractivity contribution in [2.75, 3.05) is 38.2 Å². The molecule has 0 aromatic rings. The van der Waals surface area contributed by atoms with Crippen molar-refractivity contribution >= 4 is 11.8 Å². The lowest BCUT2D eigenvalue weighted by molar-refractivity contribution is 0.384. The second-order valence-electron chi connectivity index (χ2n) is 4.74. The molecular weight excluding hydrogens is 192 g/mol. The first-order valence-corrected chi connectivity index (χ1v) is 7.00. The largest absolute Gasteiger partial charge is 0.312 e. The van der Waals surface area contributed by atoms with Crippen LogP contribution in [0.2, 0.25) is 0 Å². The van der Waals surface area contributed by atoms with E-state index in [1.807, 2.05) is 0 Å². The van der Waals surface area contributed by atoms with E-state index in [9.17, 15) is 0 Å². The van der Waals surface area contributed by atoms with Gasteiger partial charge < -0.3 is 10.2 Å². The molecule has 2 unspecified atom stereocenters. The topological polar surface area (TPSA) is 15.3 Å². The first-order chi connectivity index (χ1) is 6.84. The van der Waals surface area contributed by atoms with Crippen LogP contribution >= 0.6 is 11.8 Å². The monoisotopic (exact) mass is 214 g/mol. The predicted octanol–water partition coefficient (Wildman–Crippen LogP) is 1.42. The molecule has 82 valence electrons. The Kier molecular flexibility index (Phi) is 4.14. The minimum atomic E-state index is 0.770. The Morgan fingerprint density at radius 2 is 2.36 bits per heavy atom. The molecule has 3 heteroatoms. The Morgan fingerprint density at radius 1 is 1.43 bits per heavy atom. The highest BCUT2D eigenvalue weighted by Gasteiger charge is 2.20. The first-order valence-electron chi connectivity index (χ1n) is 5.84. The Hall–Kier alpha value is 0.270. The van der Waals surface area contributed by atoms with Crippen LogP contribution in [-0.2, 0) is 0 Å². The van der Waals surface area contributed by atoms with Gasteiger partial charge in [0.05, 0.1) is 0 Å². The highest BCUT2D eigenvalue weighted by molar-refractivity contribution is 7.99. The van der Waals surface area contributed by atoms with E-state index >= 15 is 0 Å². The lowest BCUT2D eigenvalue weighted by Gasteiger charge is -2.23. The lowest BCUT2D eigenvalue weighted by Crippen LogP contribution is -2.36. The van der Waals surface area contributed by atoms with Crippen molar-refractivity contribution in [2.45, 2.75) is 25.3 Å². The van der Waals surface area contributed by atoms with Crippen molar-refractivity contribution < 1.29 is 0 Å². The normalized spacial score (nSPS) is 34.9. The lowest BCUT2D eigenvalue weighted by atomic mass is 10.1. The Labute approximate surface area is 91.8 Å². The Balaban J connectivity index is 1.61. The van der Waals surface area contributed by atoms with Crippen molar-refractivity contribution in [3.63, 3.8) is 0 Å². The summed E-state index contributed by atoms with van der Waals surface area (Å²) in [4.78, 5) is 2.42. The second-order valence-corrected chi connectivity index (χ2v) is 5.89. The van der Waals surface area contributed by atoms with Crippen molar-refractivity contribution in [1.82, 2.24) is 10.2 Å². The highest BCUT2D eigenvalue weighted by atomic mass is 32.2. The molecule has 1 N–H and O–H groups in total. The first kappa shape index (κ1) is 10.8.